The molecule has 0 saturated carbocycles. The summed E-state index contributed by atoms with van der Waals surface area (Å²) < 4.78 is 0. The van der Waals surface area contributed by atoms with Gasteiger partial charge in [0.25, 0.3) is 0 Å². The number of nitrogens with two attached hydrogens (primary N) is 1. The third-order valence-corrected chi connectivity index (χ3v) is 5.21. The van der Waals surface area contributed by atoms with Crippen LogP contribution in [0.4, 0.5) is 17.1 Å². The number of carbonyl (C=O) groups is 2. The Hall–Kier alpha value is -3.25. The molecule has 0 aliphatic rings. The summed E-state index contributed by atoms with van der Waals surface area (Å²) in [5, 5.41) is 5.24. The lowest BCUT2D eigenvalue weighted by atomic mass is 10.1. The number of hydrogen-bond donors (Lipinski definition) is 3. The van der Waals surface area contributed by atoms with Crippen LogP contribution in [0.2, 0.25) is 0 Å². The van der Waals surface area contributed by atoms with Crippen molar-refractivity contribution in [1.82, 2.24) is 0 Å². The first-order chi connectivity index (χ1) is 13.5. The molecule has 5 nitrogen and oxygen atoms in total. The fraction of sp³-hybridized carbons (Fsp3) is 0.0909. The molecule has 0 saturated heterocycles. The van der Waals surface area contributed by atoms with Crippen LogP contribution in [0.5, 0.6) is 0 Å². The van der Waals surface area contributed by atoms with Gasteiger partial charge in [-0.2, -0.15) is 0 Å². The molecule has 0 heterocycles. The van der Waals surface area contributed by atoms with Crippen LogP contribution < -0.4 is 16.4 Å². The SMILES string of the molecule is CC(=O)Nc1ccc(NC(=O)C(Sc2ccc(N)cc2)c2ccccc2)cc1. The Labute approximate surface area is 168 Å². The molecule has 0 fully saturated rings. The summed E-state index contributed by atoms with van der Waals surface area (Å²) in [5.74, 6) is -0.263. The minimum absolute atomic E-state index is 0.125. The molecule has 0 aliphatic carbocycles. The third-order valence-electron chi connectivity index (χ3n) is 3.95. The highest BCUT2D eigenvalue weighted by atomic mass is 32.2. The van der Waals surface area contributed by atoms with Crippen molar-refractivity contribution in [3.63, 3.8) is 0 Å². The van der Waals surface area contributed by atoms with E-state index in [0.29, 0.717) is 17.1 Å². The molecule has 3 rings (SSSR count). The van der Waals surface area contributed by atoms with Gasteiger partial charge in [0.2, 0.25) is 11.8 Å². The zero-order valence-electron chi connectivity index (χ0n) is 15.4. The second kappa shape index (κ2) is 9.10. The number of amides is 2. The van der Waals surface area contributed by atoms with Crippen molar-refractivity contribution >= 4 is 40.6 Å². The number of thioether (sulfide) groups is 1. The Morgan fingerprint density at radius 2 is 1.39 bits per heavy atom. The summed E-state index contributed by atoms with van der Waals surface area (Å²) in [5.41, 5.74) is 8.70. The molecule has 6 heteroatoms. The molecule has 28 heavy (non-hydrogen) atoms. The van der Waals surface area contributed by atoms with Crippen molar-refractivity contribution in [2.45, 2.75) is 17.1 Å². The van der Waals surface area contributed by atoms with Crippen molar-refractivity contribution in [3.8, 4) is 0 Å². The zero-order valence-corrected chi connectivity index (χ0v) is 16.2. The fourth-order valence-electron chi connectivity index (χ4n) is 2.63. The van der Waals surface area contributed by atoms with E-state index in [1.165, 1.54) is 18.7 Å². The fourth-order valence-corrected chi connectivity index (χ4v) is 3.66. The summed E-state index contributed by atoms with van der Waals surface area (Å²) in [6.45, 7) is 1.45. The number of hydrogen-bond acceptors (Lipinski definition) is 4. The smallest absolute Gasteiger partial charge is 0.242 e. The van der Waals surface area contributed by atoms with Crippen molar-refractivity contribution < 1.29 is 9.59 Å². The van der Waals surface area contributed by atoms with Crippen LogP contribution in [0, 0.1) is 0 Å². The predicted molar refractivity (Wildman–Crippen MR) is 115 cm³/mol. The van der Waals surface area contributed by atoms with Crippen LogP contribution in [0.1, 0.15) is 17.7 Å². The van der Waals surface area contributed by atoms with Gasteiger partial charge in [-0.05, 0) is 54.1 Å². The zero-order chi connectivity index (χ0) is 19.9. The molecule has 3 aromatic rings. The van der Waals surface area contributed by atoms with Crippen LogP contribution in [-0.2, 0) is 9.59 Å². The predicted octanol–water partition coefficient (Wildman–Crippen LogP) is 4.70. The molecule has 0 aliphatic heterocycles. The van der Waals surface area contributed by atoms with Gasteiger partial charge in [-0.3, -0.25) is 9.59 Å². The maximum absolute atomic E-state index is 13.0. The molecular weight excluding hydrogens is 370 g/mol. The van der Waals surface area contributed by atoms with E-state index in [2.05, 4.69) is 10.6 Å². The number of anilines is 3. The molecule has 2 amide bonds. The van der Waals surface area contributed by atoms with Crippen LogP contribution >= 0.6 is 11.8 Å². The first-order valence-electron chi connectivity index (χ1n) is 8.77. The topological polar surface area (TPSA) is 84.2 Å². The van der Waals surface area contributed by atoms with Crippen LogP contribution in [0.3, 0.4) is 0 Å². The van der Waals surface area contributed by atoms with Gasteiger partial charge >= 0.3 is 0 Å². The van der Waals surface area contributed by atoms with E-state index in [1.807, 2.05) is 54.6 Å². The summed E-state index contributed by atoms with van der Waals surface area (Å²) in [6, 6.07) is 24.1. The second-order valence-electron chi connectivity index (χ2n) is 6.23. The molecule has 4 N–H and O–H groups in total. The van der Waals surface area contributed by atoms with Gasteiger partial charge < -0.3 is 16.4 Å². The molecule has 142 valence electrons. The van der Waals surface area contributed by atoms with Gasteiger partial charge in [-0.1, -0.05) is 30.3 Å². The van der Waals surface area contributed by atoms with Gasteiger partial charge in [-0.25, -0.2) is 0 Å². The minimum atomic E-state index is -0.417. The Kier molecular flexibility index (Phi) is 6.34. The Bertz CT molecular complexity index is 942. The van der Waals surface area contributed by atoms with Gasteiger partial charge in [0.05, 0.1) is 0 Å². The van der Waals surface area contributed by atoms with E-state index >= 15 is 0 Å². The maximum atomic E-state index is 13.0. The molecule has 0 spiro atoms. The summed E-state index contributed by atoms with van der Waals surface area (Å²) in [7, 11) is 0. The van der Waals surface area contributed by atoms with E-state index in [9.17, 15) is 9.59 Å². The lowest BCUT2D eigenvalue weighted by Crippen LogP contribution is -2.19. The van der Waals surface area contributed by atoms with Crippen molar-refractivity contribution in [2.75, 3.05) is 16.4 Å². The van der Waals surface area contributed by atoms with Gasteiger partial charge in [0, 0.05) is 28.9 Å². The highest BCUT2D eigenvalue weighted by Crippen LogP contribution is 2.36. The van der Waals surface area contributed by atoms with Gasteiger partial charge in [0.15, 0.2) is 0 Å². The normalized spacial score (nSPS) is 11.5. The average Bonchev–Trinajstić information content (AvgIpc) is 2.69. The summed E-state index contributed by atoms with van der Waals surface area (Å²) in [4.78, 5) is 25.1. The maximum Gasteiger partial charge on any atom is 0.242 e. The van der Waals surface area contributed by atoms with Gasteiger partial charge in [0.1, 0.15) is 5.25 Å². The molecule has 1 unspecified atom stereocenters. The lowest BCUT2D eigenvalue weighted by Gasteiger charge is -2.17. The highest BCUT2D eigenvalue weighted by molar-refractivity contribution is 8.00. The first-order valence-corrected chi connectivity index (χ1v) is 9.65. The monoisotopic (exact) mass is 391 g/mol. The Morgan fingerprint density at radius 1 is 0.821 bits per heavy atom. The van der Waals surface area contributed by atoms with E-state index in [1.54, 1.807) is 24.3 Å². The first kappa shape index (κ1) is 19.5. The number of rotatable bonds is 6. The largest absolute Gasteiger partial charge is 0.399 e. The number of carbonyl (C=O) groups excluding carboxylic acids is 2. The highest BCUT2D eigenvalue weighted by Gasteiger charge is 2.22. The standard InChI is InChI=1S/C22H21N3O2S/c1-15(26)24-18-9-11-19(12-10-18)25-22(27)21(16-5-3-2-4-6-16)28-20-13-7-17(23)8-14-20/h2-14,21H,23H2,1H3,(H,24,26)(H,25,27). The van der Waals surface area contributed by atoms with E-state index < -0.39 is 5.25 Å². The number of benzene rings is 3. The average molecular weight is 391 g/mol. The molecule has 0 radical (unpaired) electrons. The lowest BCUT2D eigenvalue weighted by molar-refractivity contribution is -0.116. The van der Waals surface area contributed by atoms with E-state index in [0.717, 1.165) is 10.5 Å². The Morgan fingerprint density at radius 3 is 1.96 bits per heavy atom. The van der Waals surface area contributed by atoms with Crippen LogP contribution in [-0.4, -0.2) is 11.8 Å². The van der Waals surface area contributed by atoms with Gasteiger partial charge in [-0.15, -0.1) is 11.8 Å². The van der Waals surface area contributed by atoms with Crippen molar-refractivity contribution in [2.24, 2.45) is 0 Å². The number of nitrogens with one attached hydrogen (secondary N) is 2. The van der Waals surface area contributed by atoms with Crippen LogP contribution in [0.15, 0.2) is 83.8 Å². The molecular formula is C22H21N3O2S. The second-order valence-corrected chi connectivity index (χ2v) is 7.40. The van der Waals surface area contributed by atoms with Crippen molar-refractivity contribution in [1.29, 1.82) is 0 Å². The number of nitrogen functional groups attached to an aromatic ring is 1. The van der Waals surface area contributed by atoms with Crippen LogP contribution in [0.25, 0.3) is 0 Å². The summed E-state index contributed by atoms with van der Waals surface area (Å²) in [6.07, 6.45) is 0. The minimum Gasteiger partial charge on any atom is -0.399 e. The van der Waals surface area contributed by atoms with E-state index in [-0.39, 0.29) is 11.8 Å². The van der Waals surface area contributed by atoms with Crippen molar-refractivity contribution in [3.05, 3.63) is 84.4 Å². The Balaban J connectivity index is 1.78. The van der Waals surface area contributed by atoms with E-state index in [4.69, 9.17) is 5.73 Å². The third kappa shape index (κ3) is 5.37. The molecule has 3 aromatic carbocycles. The molecule has 0 bridgehead atoms. The molecule has 0 aromatic heterocycles. The quantitative estimate of drug-likeness (QED) is 0.420. The summed E-state index contributed by atoms with van der Waals surface area (Å²) >= 11 is 1.46. The molecule has 1 atom stereocenters.